The number of carbonyl (C=O) groups excluding carboxylic acids is 2. The van der Waals surface area contributed by atoms with E-state index in [0.29, 0.717) is 23.4 Å². The fourth-order valence-electron chi connectivity index (χ4n) is 2.89. The SMILES string of the molecule is COc1ccc(NC(=O)[C@H](Cc2ccccc2)NC(=O)c2ccccc2)cc1O. The summed E-state index contributed by atoms with van der Waals surface area (Å²) in [5.41, 5.74) is 1.79. The highest BCUT2D eigenvalue weighted by molar-refractivity contribution is 6.01. The van der Waals surface area contributed by atoms with Gasteiger partial charge in [-0.15, -0.1) is 0 Å². The number of phenolic OH excluding ortho intramolecular Hbond substituents is 1. The molecular weight excluding hydrogens is 368 g/mol. The van der Waals surface area contributed by atoms with Crippen LogP contribution in [0.15, 0.2) is 78.9 Å². The van der Waals surface area contributed by atoms with E-state index in [1.54, 1.807) is 36.4 Å². The zero-order chi connectivity index (χ0) is 20.6. The summed E-state index contributed by atoms with van der Waals surface area (Å²) in [5, 5.41) is 15.5. The molecule has 0 saturated heterocycles. The molecule has 29 heavy (non-hydrogen) atoms. The maximum atomic E-state index is 12.9. The van der Waals surface area contributed by atoms with E-state index in [0.717, 1.165) is 5.56 Å². The summed E-state index contributed by atoms with van der Waals surface area (Å²) in [6.45, 7) is 0. The zero-order valence-corrected chi connectivity index (χ0v) is 16.0. The quantitative estimate of drug-likeness (QED) is 0.577. The summed E-state index contributed by atoms with van der Waals surface area (Å²) in [7, 11) is 1.45. The number of hydrogen-bond acceptors (Lipinski definition) is 4. The first-order valence-corrected chi connectivity index (χ1v) is 9.14. The lowest BCUT2D eigenvalue weighted by atomic mass is 10.0. The number of ether oxygens (including phenoxy) is 1. The van der Waals surface area contributed by atoms with Gasteiger partial charge in [-0.2, -0.15) is 0 Å². The molecule has 0 aromatic heterocycles. The molecule has 6 heteroatoms. The summed E-state index contributed by atoms with van der Waals surface area (Å²) in [4.78, 5) is 25.5. The fourth-order valence-corrected chi connectivity index (χ4v) is 2.89. The van der Waals surface area contributed by atoms with Crippen LogP contribution in [0, 0.1) is 0 Å². The molecule has 0 unspecified atom stereocenters. The largest absolute Gasteiger partial charge is 0.504 e. The first-order valence-electron chi connectivity index (χ1n) is 9.14. The lowest BCUT2D eigenvalue weighted by Crippen LogP contribution is -2.45. The number of benzene rings is 3. The number of rotatable bonds is 7. The van der Waals surface area contributed by atoms with Crippen molar-refractivity contribution in [2.75, 3.05) is 12.4 Å². The predicted octanol–water partition coefficient (Wildman–Crippen LogP) is 3.38. The number of amides is 2. The van der Waals surface area contributed by atoms with Crippen molar-refractivity contribution in [2.45, 2.75) is 12.5 Å². The fraction of sp³-hybridized carbons (Fsp3) is 0.130. The van der Waals surface area contributed by atoms with Crippen LogP contribution in [0.25, 0.3) is 0 Å². The van der Waals surface area contributed by atoms with E-state index in [1.165, 1.54) is 13.2 Å². The second-order valence-electron chi connectivity index (χ2n) is 6.46. The van der Waals surface area contributed by atoms with Crippen LogP contribution in [-0.4, -0.2) is 30.1 Å². The van der Waals surface area contributed by atoms with Crippen molar-refractivity contribution in [3.05, 3.63) is 90.0 Å². The first kappa shape index (κ1) is 19.9. The number of phenols is 1. The molecule has 1 atom stereocenters. The molecule has 3 N–H and O–H groups in total. The Balaban J connectivity index is 1.78. The summed E-state index contributed by atoms with van der Waals surface area (Å²) in [6.07, 6.45) is 0.327. The van der Waals surface area contributed by atoms with Gasteiger partial charge in [-0.25, -0.2) is 0 Å². The third kappa shape index (κ3) is 5.35. The molecule has 0 saturated carbocycles. The van der Waals surface area contributed by atoms with Crippen LogP contribution in [0.1, 0.15) is 15.9 Å². The number of methoxy groups -OCH3 is 1. The van der Waals surface area contributed by atoms with Crippen molar-refractivity contribution < 1.29 is 19.4 Å². The number of aromatic hydroxyl groups is 1. The normalized spacial score (nSPS) is 11.3. The van der Waals surface area contributed by atoms with Gasteiger partial charge in [0.1, 0.15) is 6.04 Å². The molecule has 0 spiro atoms. The Bertz CT molecular complexity index is 975. The average Bonchev–Trinajstić information content (AvgIpc) is 2.74. The minimum atomic E-state index is -0.797. The van der Waals surface area contributed by atoms with Crippen LogP contribution in [-0.2, 0) is 11.2 Å². The van der Waals surface area contributed by atoms with E-state index < -0.39 is 6.04 Å². The summed E-state index contributed by atoms with van der Waals surface area (Å²) in [5.74, 6) is -0.499. The van der Waals surface area contributed by atoms with E-state index in [1.807, 2.05) is 36.4 Å². The Morgan fingerprint density at radius 3 is 2.24 bits per heavy atom. The molecule has 0 bridgehead atoms. The number of anilines is 1. The van der Waals surface area contributed by atoms with Crippen molar-refractivity contribution in [2.24, 2.45) is 0 Å². The highest BCUT2D eigenvalue weighted by Gasteiger charge is 2.22. The molecule has 0 fully saturated rings. The van der Waals surface area contributed by atoms with E-state index in [4.69, 9.17) is 4.74 Å². The van der Waals surface area contributed by atoms with Crippen molar-refractivity contribution in [1.82, 2.24) is 5.32 Å². The topological polar surface area (TPSA) is 87.7 Å². The van der Waals surface area contributed by atoms with Crippen LogP contribution < -0.4 is 15.4 Å². The summed E-state index contributed by atoms with van der Waals surface area (Å²) >= 11 is 0. The smallest absolute Gasteiger partial charge is 0.251 e. The van der Waals surface area contributed by atoms with Gasteiger partial charge < -0.3 is 20.5 Å². The second kappa shape index (κ2) is 9.41. The molecule has 3 aromatic rings. The molecule has 0 aliphatic rings. The lowest BCUT2D eigenvalue weighted by Gasteiger charge is -2.19. The Morgan fingerprint density at radius 2 is 1.62 bits per heavy atom. The van der Waals surface area contributed by atoms with Crippen molar-refractivity contribution in [3.8, 4) is 11.5 Å². The first-order chi connectivity index (χ1) is 14.1. The molecule has 6 nitrogen and oxygen atoms in total. The molecule has 148 valence electrons. The van der Waals surface area contributed by atoms with Gasteiger partial charge in [0.25, 0.3) is 5.91 Å². The van der Waals surface area contributed by atoms with E-state index in [2.05, 4.69) is 10.6 Å². The van der Waals surface area contributed by atoms with Crippen LogP contribution in [0.2, 0.25) is 0 Å². The number of nitrogens with one attached hydrogen (secondary N) is 2. The minimum absolute atomic E-state index is 0.0850. The van der Waals surface area contributed by atoms with Crippen molar-refractivity contribution >= 4 is 17.5 Å². The van der Waals surface area contributed by atoms with Crippen LogP contribution in [0.3, 0.4) is 0 Å². The maximum Gasteiger partial charge on any atom is 0.251 e. The van der Waals surface area contributed by atoms with Crippen molar-refractivity contribution in [1.29, 1.82) is 0 Å². The van der Waals surface area contributed by atoms with E-state index >= 15 is 0 Å². The van der Waals surface area contributed by atoms with Gasteiger partial charge in [0, 0.05) is 23.7 Å². The van der Waals surface area contributed by atoms with Gasteiger partial charge in [-0.3, -0.25) is 9.59 Å². The Kier molecular flexibility index (Phi) is 6.47. The molecule has 0 aliphatic heterocycles. The molecule has 3 rings (SSSR count). The number of carbonyl (C=O) groups is 2. The minimum Gasteiger partial charge on any atom is -0.504 e. The molecule has 0 heterocycles. The lowest BCUT2D eigenvalue weighted by molar-refractivity contribution is -0.118. The Labute approximate surface area is 169 Å². The van der Waals surface area contributed by atoms with Gasteiger partial charge >= 0.3 is 0 Å². The van der Waals surface area contributed by atoms with E-state index in [9.17, 15) is 14.7 Å². The zero-order valence-electron chi connectivity index (χ0n) is 16.0. The Hall–Kier alpha value is -3.80. The highest BCUT2D eigenvalue weighted by atomic mass is 16.5. The van der Waals surface area contributed by atoms with Gasteiger partial charge in [0.2, 0.25) is 5.91 Å². The standard InChI is InChI=1S/C23H22N2O4/c1-29-21-13-12-18(15-20(21)26)24-23(28)19(14-16-8-4-2-5-9-16)25-22(27)17-10-6-3-7-11-17/h2-13,15,19,26H,14H2,1H3,(H,24,28)(H,25,27)/t19-/m0/s1. The molecule has 0 aliphatic carbocycles. The van der Waals surface area contributed by atoms with E-state index in [-0.39, 0.29) is 17.6 Å². The monoisotopic (exact) mass is 390 g/mol. The molecule has 3 aromatic carbocycles. The van der Waals surface area contributed by atoms with Crippen molar-refractivity contribution in [3.63, 3.8) is 0 Å². The highest BCUT2D eigenvalue weighted by Crippen LogP contribution is 2.28. The number of hydrogen-bond donors (Lipinski definition) is 3. The third-order valence-electron chi connectivity index (χ3n) is 4.39. The van der Waals surface area contributed by atoms with Crippen LogP contribution in [0.5, 0.6) is 11.5 Å². The second-order valence-corrected chi connectivity index (χ2v) is 6.46. The molecule has 2 amide bonds. The van der Waals surface area contributed by atoms with Gasteiger partial charge in [0.05, 0.1) is 7.11 Å². The maximum absolute atomic E-state index is 12.9. The molecule has 0 radical (unpaired) electrons. The average molecular weight is 390 g/mol. The van der Waals surface area contributed by atoms with Gasteiger partial charge in [0.15, 0.2) is 11.5 Å². The predicted molar refractivity (Wildman–Crippen MR) is 111 cm³/mol. The summed E-state index contributed by atoms with van der Waals surface area (Å²) in [6, 6.07) is 21.9. The summed E-state index contributed by atoms with van der Waals surface area (Å²) < 4.78 is 5.01. The Morgan fingerprint density at radius 1 is 0.966 bits per heavy atom. The van der Waals surface area contributed by atoms with Crippen LogP contribution >= 0.6 is 0 Å². The van der Waals surface area contributed by atoms with Gasteiger partial charge in [-0.05, 0) is 29.8 Å². The van der Waals surface area contributed by atoms with Crippen LogP contribution in [0.4, 0.5) is 5.69 Å². The molecular formula is C23H22N2O4. The van der Waals surface area contributed by atoms with Gasteiger partial charge in [-0.1, -0.05) is 48.5 Å². The third-order valence-corrected chi connectivity index (χ3v) is 4.39.